The molecular formula is C50H40N2. The first kappa shape index (κ1) is 30.7. The fourth-order valence-corrected chi connectivity index (χ4v) is 8.69. The molecule has 0 saturated heterocycles. The first-order valence-electron chi connectivity index (χ1n) is 18.7. The first-order chi connectivity index (χ1) is 25.8. The first-order valence-corrected chi connectivity index (χ1v) is 18.7. The second-order valence-corrected chi connectivity index (χ2v) is 14.4. The number of allylic oxidation sites excluding steroid dienone is 8. The maximum atomic E-state index is 2.49. The van der Waals surface area contributed by atoms with E-state index in [1.165, 1.54) is 88.4 Å². The zero-order chi connectivity index (χ0) is 34.4. The molecule has 0 bridgehead atoms. The van der Waals surface area contributed by atoms with Crippen molar-refractivity contribution in [3.8, 4) is 11.4 Å². The molecule has 0 spiro atoms. The van der Waals surface area contributed by atoms with E-state index in [2.05, 4.69) is 179 Å². The van der Waals surface area contributed by atoms with Gasteiger partial charge in [0.05, 0.1) is 22.1 Å². The summed E-state index contributed by atoms with van der Waals surface area (Å²) in [6, 6.07) is 53.3. The van der Waals surface area contributed by atoms with Crippen molar-refractivity contribution in [3.63, 3.8) is 0 Å². The Kier molecular flexibility index (Phi) is 7.61. The van der Waals surface area contributed by atoms with Gasteiger partial charge in [-0.3, -0.25) is 0 Å². The van der Waals surface area contributed by atoms with Crippen molar-refractivity contribution in [1.29, 1.82) is 0 Å². The third kappa shape index (κ3) is 5.43. The molecule has 6 aromatic carbocycles. The molecule has 0 saturated carbocycles. The van der Waals surface area contributed by atoms with Gasteiger partial charge in [0.1, 0.15) is 0 Å². The standard InChI is InChI=1S/C50H40N2/c1-5-19-47-43(15-1)44-16-2-6-20-48(44)51(47)41-27-23-35(24-28-41)31-37-11-9-13-39(33-37)40-14-10-12-38(34-40)32-36-25-29-42(30-26-36)52-49-21-7-3-17-45(49)46-18-4-8-22-50(46)52/h1-8,11-12,15-30,33-34H,9-10,13-14,31-32H2. The fraction of sp³-hybridized carbons (Fsp3) is 0.120. The van der Waals surface area contributed by atoms with E-state index in [0.717, 1.165) is 38.5 Å². The van der Waals surface area contributed by atoms with Crippen molar-refractivity contribution < 1.29 is 0 Å². The molecule has 2 heteroatoms. The van der Waals surface area contributed by atoms with Crippen LogP contribution in [0.2, 0.25) is 0 Å². The summed E-state index contributed by atoms with van der Waals surface area (Å²) in [5.41, 5.74) is 16.1. The van der Waals surface area contributed by atoms with E-state index in [1.54, 1.807) is 0 Å². The summed E-state index contributed by atoms with van der Waals surface area (Å²) in [4.78, 5) is 0. The molecule has 2 aromatic heterocycles. The second-order valence-electron chi connectivity index (χ2n) is 14.4. The highest BCUT2D eigenvalue weighted by atomic mass is 15.0. The van der Waals surface area contributed by atoms with Crippen LogP contribution in [0.15, 0.2) is 192 Å². The van der Waals surface area contributed by atoms with Crippen LogP contribution in [-0.4, -0.2) is 9.13 Å². The van der Waals surface area contributed by atoms with Gasteiger partial charge in [0.2, 0.25) is 0 Å². The number of nitrogens with zero attached hydrogens (tertiary/aromatic N) is 2. The van der Waals surface area contributed by atoms with E-state index in [1.807, 2.05) is 0 Å². The number of hydrogen-bond donors (Lipinski definition) is 0. The zero-order valence-corrected chi connectivity index (χ0v) is 29.3. The Labute approximate surface area is 305 Å². The quantitative estimate of drug-likeness (QED) is 0.160. The highest BCUT2D eigenvalue weighted by Crippen LogP contribution is 2.35. The van der Waals surface area contributed by atoms with E-state index >= 15 is 0 Å². The molecule has 0 N–H and O–H groups in total. The van der Waals surface area contributed by atoms with E-state index in [4.69, 9.17) is 0 Å². The minimum Gasteiger partial charge on any atom is -0.309 e. The number of rotatable bonds is 7. The van der Waals surface area contributed by atoms with Gasteiger partial charge in [-0.2, -0.15) is 0 Å². The lowest BCUT2D eigenvalue weighted by atomic mass is 9.85. The maximum absolute atomic E-state index is 2.49. The van der Waals surface area contributed by atoms with Crippen molar-refractivity contribution in [1.82, 2.24) is 9.13 Å². The molecule has 2 aliphatic carbocycles. The molecule has 10 rings (SSSR count). The second kappa shape index (κ2) is 12.9. The highest BCUT2D eigenvalue weighted by Gasteiger charge is 2.16. The van der Waals surface area contributed by atoms with Gasteiger partial charge in [-0.25, -0.2) is 0 Å². The van der Waals surface area contributed by atoms with E-state index in [0.29, 0.717) is 0 Å². The van der Waals surface area contributed by atoms with Crippen molar-refractivity contribution in [3.05, 3.63) is 203 Å². The summed E-state index contributed by atoms with van der Waals surface area (Å²) >= 11 is 0. The maximum Gasteiger partial charge on any atom is 0.0541 e. The Morgan fingerprint density at radius 2 is 0.692 bits per heavy atom. The summed E-state index contributed by atoms with van der Waals surface area (Å²) in [6.07, 6.45) is 16.3. The zero-order valence-electron chi connectivity index (χ0n) is 29.3. The molecule has 2 nitrogen and oxygen atoms in total. The smallest absolute Gasteiger partial charge is 0.0541 e. The van der Waals surface area contributed by atoms with Crippen molar-refractivity contribution in [2.24, 2.45) is 0 Å². The molecule has 8 aromatic rings. The summed E-state index contributed by atoms with van der Waals surface area (Å²) in [7, 11) is 0. The largest absolute Gasteiger partial charge is 0.309 e. The lowest BCUT2D eigenvalue weighted by molar-refractivity contribution is 0.872. The lowest BCUT2D eigenvalue weighted by Gasteiger charge is -2.20. The fourth-order valence-electron chi connectivity index (χ4n) is 8.69. The van der Waals surface area contributed by atoms with Gasteiger partial charge in [-0.1, -0.05) is 121 Å². The third-order valence-corrected chi connectivity index (χ3v) is 11.1. The molecular weight excluding hydrogens is 629 g/mol. The van der Waals surface area contributed by atoms with Gasteiger partial charge < -0.3 is 9.13 Å². The topological polar surface area (TPSA) is 9.86 Å². The summed E-state index contributed by atoms with van der Waals surface area (Å²) in [5.74, 6) is 0. The van der Waals surface area contributed by atoms with Crippen LogP contribution in [0, 0.1) is 0 Å². The van der Waals surface area contributed by atoms with Gasteiger partial charge >= 0.3 is 0 Å². The predicted molar refractivity (Wildman–Crippen MR) is 220 cm³/mol. The van der Waals surface area contributed by atoms with Crippen LogP contribution in [0.25, 0.3) is 55.0 Å². The van der Waals surface area contributed by atoms with Crippen LogP contribution in [0.4, 0.5) is 0 Å². The van der Waals surface area contributed by atoms with Crippen molar-refractivity contribution in [2.45, 2.75) is 38.5 Å². The van der Waals surface area contributed by atoms with Crippen LogP contribution < -0.4 is 0 Å². The SMILES string of the molecule is C1=C(Cc2ccc(-n3c4ccccc4c4ccccc43)cc2)C=C(C2=CC(Cc3ccc(-n4c5ccccc5c5ccccc54)cc3)=CCC2)CC1. The minimum atomic E-state index is 0.964. The molecule has 0 unspecified atom stereocenters. The molecule has 250 valence electrons. The monoisotopic (exact) mass is 668 g/mol. The molecule has 52 heavy (non-hydrogen) atoms. The molecule has 0 fully saturated rings. The van der Waals surface area contributed by atoms with Gasteiger partial charge in [-0.15, -0.1) is 0 Å². The van der Waals surface area contributed by atoms with Crippen LogP contribution in [0.5, 0.6) is 0 Å². The lowest BCUT2D eigenvalue weighted by Crippen LogP contribution is -2.03. The average Bonchev–Trinajstić information content (AvgIpc) is 3.72. The summed E-state index contributed by atoms with van der Waals surface area (Å²) in [5, 5.41) is 5.21. The Morgan fingerprint density at radius 3 is 1.04 bits per heavy atom. The van der Waals surface area contributed by atoms with E-state index < -0.39 is 0 Å². The van der Waals surface area contributed by atoms with Gasteiger partial charge in [0.25, 0.3) is 0 Å². The molecule has 0 amide bonds. The molecule has 2 aliphatic rings. The van der Waals surface area contributed by atoms with E-state index in [9.17, 15) is 0 Å². The third-order valence-electron chi connectivity index (χ3n) is 11.1. The number of aromatic nitrogens is 2. The molecule has 0 aliphatic heterocycles. The highest BCUT2D eigenvalue weighted by molar-refractivity contribution is 6.10. The number of fused-ring (bicyclic) bond motifs is 6. The van der Waals surface area contributed by atoms with Crippen molar-refractivity contribution >= 4 is 43.6 Å². The number of hydrogen-bond acceptors (Lipinski definition) is 0. The molecule has 2 heterocycles. The Bertz CT molecular complexity index is 2460. The minimum absolute atomic E-state index is 0.964. The molecule has 0 radical (unpaired) electrons. The van der Waals surface area contributed by atoms with Crippen LogP contribution >= 0.6 is 0 Å². The number of para-hydroxylation sites is 4. The number of benzene rings is 6. The summed E-state index contributed by atoms with van der Waals surface area (Å²) < 4.78 is 4.79. The van der Waals surface area contributed by atoms with Gasteiger partial charge in [0.15, 0.2) is 0 Å². The van der Waals surface area contributed by atoms with Crippen LogP contribution in [0.3, 0.4) is 0 Å². The Hall–Kier alpha value is -6.12. The average molecular weight is 669 g/mol. The Morgan fingerprint density at radius 1 is 0.365 bits per heavy atom. The van der Waals surface area contributed by atoms with Crippen molar-refractivity contribution in [2.75, 3.05) is 0 Å². The van der Waals surface area contributed by atoms with Crippen LogP contribution in [0.1, 0.15) is 36.8 Å². The van der Waals surface area contributed by atoms with E-state index in [-0.39, 0.29) is 0 Å². The summed E-state index contributed by atoms with van der Waals surface area (Å²) in [6.45, 7) is 0. The molecule has 0 atom stereocenters. The predicted octanol–water partition coefficient (Wildman–Crippen LogP) is 13.0. The van der Waals surface area contributed by atoms with Crippen LogP contribution in [-0.2, 0) is 12.8 Å². The normalized spacial score (nSPS) is 14.8. The Balaban J connectivity index is 0.855. The van der Waals surface area contributed by atoms with Gasteiger partial charge in [-0.05, 0) is 120 Å². The van der Waals surface area contributed by atoms with Gasteiger partial charge in [0, 0.05) is 32.9 Å².